The fraction of sp³-hybridized carbons (Fsp3) is 0.667. The fourth-order valence-corrected chi connectivity index (χ4v) is 2.42. The number of hydrogen-bond acceptors (Lipinski definition) is 4. The first-order valence-electron chi connectivity index (χ1n) is 6.32. The number of imidazole rings is 1. The van der Waals surface area contributed by atoms with Crippen LogP contribution in [-0.2, 0) is 27.2 Å². The average Bonchev–Trinajstić information content (AvgIpc) is 2.87. The predicted octanol–water partition coefficient (Wildman–Crippen LogP) is -0.271. The summed E-state index contributed by atoms with van der Waals surface area (Å²) in [6.07, 6.45) is 5.13. The molecule has 3 rings (SSSR count). The summed E-state index contributed by atoms with van der Waals surface area (Å²) in [5, 5.41) is 3.03. The van der Waals surface area contributed by atoms with E-state index in [0.29, 0.717) is 19.8 Å². The van der Waals surface area contributed by atoms with Crippen LogP contribution < -0.4 is 5.32 Å². The summed E-state index contributed by atoms with van der Waals surface area (Å²) in [4.78, 5) is 16.2. The quantitative estimate of drug-likeness (QED) is 0.786. The summed E-state index contributed by atoms with van der Waals surface area (Å²) in [6, 6.07) is 0.157. The van der Waals surface area contributed by atoms with Crippen LogP contribution in [0.4, 0.5) is 0 Å². The number of aromatic nitrogens is 2. The summed E-state index contributed by atoms with van der Waals surface area (Å²) >= 11 is 0. The van der Waals surface area contributed by atoms with Gasteiger partial charge >= 0.3 is 0 Å². The molecule has 2 atom stereocenters. The lowest BCUT2D eigenvalue weighted by Gasteiger charge is -2.28. The SMILES string of the molecule is O=C(N[C@H]1CCc2nccn2C1)[C@@H]1COCCO1. The zero-order valence-corrected chi connectivity index (χ0v) is 10.2. The average molecular weight is 251 g/mol. The van der Waals surface area contributed by atoms with Crippen LogP contribution >= 0.6 is 0 Å². The minimum absolute atomic E-state index is 0.0664. The van der Waals surface area contributed by atoms with Gasteiger partial charge in [0.25, 0.3) is 5.91 Å². The Morgan fingerprint density at radius 3 is 3.28 bits per heavy atom. The first-order chi connectivity index (χ1) is 8.83. The van der Waals surface area contributed by atoms with Gasteiger partial charge in [-0.1, -0.05) is 0 Å². The molecule has 0 aromatic carbocycles. The number of nitrogens with zero attached hydrogens (tertiary/aromatic N) is 2. The van der Waals surface area contributed by atoms with Gasteiger partial charge in [0.2, 0.25) is 0 Å². The van der Waals surface area contributed by atoms with Crippen LogP contribution in [0.3, 0.4) is 0 Å². The van der Waals surface area contributed by atoms with Crippen LogP contribution in [0.2, 0.25) is 0 Å². The van der Waals surface area contributed by atoms with Crippen molar-refractivity contribution in [2.45, 2.75) is 31.5 Å². The topological polar surface area (TPSA) is 65.4 Å². The number of aryl methyl sites for hydroxylation is 1. The molecule has 0 bridgehead atoms. The second kappa shape index (κ2) is 5.07. The minimum atomic E-state index is -0.456. The number of ether oxygens (including phenoxy) is 2. The third-order valence-electron chi connectivity index (χ3n) is 3.39. The molecule has 0 unspecified atom stereocenters. The molecule has 0 aliphatic carbocycles. The Hall–Kier alpha value is -1.40. The van der Waals surface area contributed by atoms with Crippen molar-refractivity contribution in [3.8, 4) is 0 Å². The van der Waals surface area contributed by atoms with E-state index in [-0.39, 0.29) is 11.9 Å². The van der Waals surface area contributed by atoms with Crippen molar-refractivity contribution in [3.63, 3.8) is 0 Å². The summed E-state index contributed by atoms with van der Waals surface area (Å²) in [6.45, 7) is 2.21. The molecule has 0 spiro atoms. The molecular weight excluding hydrogens is 234 g/mol. The second-order valence-corrected chi connectivity index (χ2v) is 4.67. The van der Waals surface area contributed by atoms with E-state index in [1.807, 2.05) is 6.20 Å². The Labute approximate surface area is 105 Å². The highest BCUT2D eigenvalue weighted by molar-refractivity contribution is 5.81. The van der Waals surface area contributed by atoms with Crippen LogP contribution in [0.1, 0.15) is 12.2 Å². The van der Waals surface area contributed by atoms with E-state index < -0.39 is 6.10 Å². The second-order valence-electron chi connectivity index (χ2n) is 4.67. The van der Waals surface area contributed by atoms with Gasteiger partial charge in [0.05, 0.1) is 19.8 Å². The zero-order chi connectivity index (χ0) is 12.4. The van der Waals surface area contributed by atoms with Gasteiger partial charge in [0.1, 0.15) is 5.82 Å². The highest BCUT2D eigenvalue weighted by atomic mass is 16.6. The number of fused-ring (bicyclic) bond motifs is 1. The van der Waals surface area contributed by atoms with Crippen LogP contribution in [0, 0.1) is 0 Å². The molecule has 2 aliphatic rings. The molecule has 1 N–H and O–H groups in total. The lowest BCUT2D eigenvalue weighted by Crippen LogP contribution is -2.49. The molecule has 2 aliphatic heterocycles. The van der Waals surface area contributed by atoms with Crippen molar-refractivity contribution in [1.82, 2.24) is 14.9 Å². The van der Waals surface area contributed by atoms with Crippen molar-refractivity contribution < 1.29 is 14.3 Å². The Morgan fingerprint density at radius 1 is 1.50 bits per heavy atom. The lowest BCUT2D eigenvalue weighted by molar-refractivity contribution is -0.148. The molecule has 1 aromatic rings. The van der Waals surface area contributed by atoms with Crippen molar-refractivity contribution >= 4 is 5.91 Å². The van der Waals surface area contributed by atoms with Gasteiger partial charge in [-0.3, -0.25) is 4.79 Å². The predicted molar refractivity (Wildman–Crippen MR) is 63.0 cm³/mol. The molecule has 6 nitrogen and oxygen atoms in total. The van der Waals surface area contributed by atoms with Gasteiger partial charge < -0.3 is 19.4 Å². The van der Waals surface area contributed by atoms with E-state index in [9.17, 15) is 4.79 Å². The summed E-state index contributed by atoms with van der Waals surface area (Å²) in [5.74, 6) is 1.03. The van der Waals surface area contributed by atoms with Crippen molar-refractivity contribution in [1.29, 1.82) is 0 Å². The lowest BCUT2D eigenvalue weighted by atomic mass is 10.1. The van der Waals surface area contributed by atoms with Gasteiger partial charge in [0, 0.05) is 31.4 Å². The normalized spacial score (nSPS) is 27.6. The molecule has 1 amide bonds. The maximum atomic E-state index is 12.0. The maximum Gasteiger partial charge on any atom is 0.251 e. The molecular formula is C12H17N3O3. The molecule has 1 aromatic heterocycles. The number of rotatable bonds is 2. The van der Waals surface area contributed by atoms with Crippen molar-refractivity contribution in [2.24, 2.45) is 0 Å². The van der Waals surface area contributed by atoms with Crippen molar-refractivity contribution in [3.05, 3.63) is 18.2 Å². The van der Waals surface area contributed by atoms with E-state index in [4.69, 9.17) is 9.47 Å². The maximum absolute atomic E-state index is 12.0. The van der Waals surface area contributed by atoms with Gasteiger partial charge in [-0.15, -0.1) is 0 Å². The zero-order valence-electron chi connectivity index (χ0n) is 10.2. The monoisotopic (exact) mass is 251 g/mol. The molecule has 98 valence electrons. The molecule has 1 fully saturated rings. The van der Waals surface area contributed by atoms with Crippen LogP contribution in [0.25, 0.3) is 0 Å². The summed E-state index contributed by atoms with van der Waals surface area (Å²) < 4.78 is 12.7. The number of carbonyl (C=O) groups excluding carboxylic acids is 1. The van der Waals surface area contributed by atoms with Gasteiger partial charge in [-0.25, -0.2) is 4.98 Å². The van der Waals surface area contributed by atoms with E-state index in [2.05, 4.69) is 14.9 Å². The van der Waals surface area contributed by atoms with Crippen molar-refractivity contribution in [2.75, 3.05) is 19.8 Å². The van der Waals surface area contributed by atoms with Crippen LogP contribution in [0.15, 0.2) is 12.4 Å². The van der Waals surface area contributed by atoms with E-state index in [1.165, 1.54) is 0 Å². The highest BCUT2D eigenvalue weighted by Gasteiger charge is 2.26. The molecule has 18 heavy (non-hydrogen) atoms. The Morgan fingerprint density at radius 2 is 2.44 bits per heavy atom. The third-order valence-corrected chi connectivity index (χ3v) is 3.39. The highest BCUT2D eigenvalue weighted by Crippen LogP contribution is 2.13. The number of amides is 1. The molecule has 1 saturated heterocycles. The Balaban J connectivity index is 1.56. The summed E-state index contributed by atoms with van der Waals surface area (Å²) in [5.41, 5.74) is 0. The van der Waals surface area contributed by atoms with Crippen LogP contribution in [-0.4, -0.2) is 47.4 Å². The third kappa shape index (κ3) is 2.39. The van der Waals surface area contributed by atoms with E-state index >= 15 is 0 Å². The summed E-state index contributed by atoms with van der Waals surface area (Å²) in [7, 11) is 0. The molecule has 0 saturated carbocycles. The number of carbonyl (C=O) groups is 1. The van der Waals surface area contributed by atoms with Gasteiger partial charge in [-0.05, 0) is 6.42 Å². The van der Waals surface area contributed by atoms with E-state index in [1.54, 1.807) is 6.20 Å². The van der Waals surface area contributed by atoms with Crippen LogP contribution in [0.5, 0.6) is 0 Å². The van der Waals surface area contributed by atoms with E-state index in [0.717, 1.165) is 25.2 Å². The molecule has 0 radical (unpaired) electrons. The van der Waals surface area contributed by atoms with Gasteiger partial charge in [0.15, 0.2) is 6.10 Å². The smallest absolute Gasteiger partial charge is 0.251 e. The standard InChI is InChI=1S/C12H17N3O3/c16-12(10-8-17-5-6-18-10)14-9-1-2-11-13-3-4-15(11)7-9/h3-4,9-10H,1-2,5-8H2,(H,14,16)/t9-,10-/m0/s1. The minimum Gasteiger partial charge on any atom is -0.376 e. The fourth-order valence-electron chi connectivity index (χ4n) is 2.42. The van der Waals surface area contributed by atoms with Gasteiger partial charge in [-0.2, -0.15) is 0 Å². The molecule has 3 heterocycles. The molecule has 6 heteroatoms. The first kappa shape index (κ1) is 11.7. The first-order valence-corrected chi connectivity index (χ1v) is 6.32. The number of nitrogens with one attached hydrogen (secondary N) is 1. The Kier molecular flexibility index (Phi) is 3.29. The Bertz CT molecular complexity index is 426. The number of hydrogen-bond donors (Lipinski definition) is 1. The largest absolute Gasteiger partial charge is 0.376 e.